The van der Waals surface area contributed by atoms with Crippen molar-refractivity contribution in [3.63, 3.8) is 0 Å². The molecule has 0 aliphatic rings. The Morgan fingerprint density at radius 1 is 1.14 bits per heavy atom. The lowest BCUT2D eigenvalue weighted by Crippen LogP contribution is -2.14. The van der Waals surface area contributed by atoms with Gasteiger partial charge in [0.05, 0.1) is 24.0 Å². The summed E-state index contributed by atoms with van der Waals surface area (Å²) in [5.74, 6) is -0.0834. The van der Waals surface area contributed by atoms with Gasteiger partial charge in [-0.15, -0.1) is 0 Å². The first-order valence-electron chi connectivity index (χ1n) is 8.65. The molecule has 1 heterocycles. The Morgan fingerprint density at radius 2 is 1.93 bits per heavy atom. The monoisotopic (exact) mass is 399 g/mol. The van der Waals surface area contributed by atoms with E-state index in [9.17, 15) is 9.18 Å². The molecule has 0 saturated carbocycles. The molecule has 2 N–H and O–H groups in total. The zero-order chi connectivity index (χ0) is 19.9. The van der Waals surface area contributed by atoms with Crippen LogP contribution < -0.4 is 15.4 Å². The molecule has 1 aromatic heterocycles. The Morgan fingerprint density at radius 3 is 2.64 bits per heavy atom. The van der Waals surface area contributed by atoms with Crippen LogP contribution in [0.1, 0.15) is 16.1 Å². The number of para-hydroxylation sites is 1. The molecule has 5 nitrogen and oxygen atoms in total. The predicted molar refractivity (Wildman–Crippen MR) is 109 cm³/mol. The number of carbonyl (C=O) groups excluding carboxylic acids is 1. The zero-order valence-electron chi connectivity index (χ0n) is 15.2. The van der Waals surface area contributed by atoms with Crippen LogP contribution in [0, 0.1) is 5.82 Å². The second-order valence-electron chi connectivity index (χ2n) is 6.00. The molecule has 0 saturated heterocycles. The van der Waals surface area contributed by atoms with Gasteiger partial charge in [0.15, 0.2) is 0 Å². The number of anilines is 2. The maximum atomic E-state index is 13.2. The molecule has 28 heavy (non-hydrogen) atoms. The molecule has 2 aromatic carbocycles. The van der Waals surface area contributed by atoms with Gasteiger partial charge in [0.25, 0.3) is 5.91 Å². The third kappa shape index (κ3) is 4.98. The van der Waals surface area contributed by atoms with Gasteiger partial charge in [0.1, 0.15) is 17.3 Å². The van der Waals surface area contributed by atoms with Gasteiger partial charge in [-0.25, -0.2) is 9.37 Å². The molecule has 0 fully saturated rings. The average Bonchev–Trinajstić information content (AvgIpc) is 2.71. The van der Waals surface area contributed by atoms with E-state index in [1.165, 1.54) is 18.2 Å². The first kappa shape index (κ1) is 19.6. The number of amides is 1. The van der Waals surface area contributed by atoms with Crippen LogP contribution in [0.4, 0.5) is 15.8 Å². The summed E-state index contributed by atoms with van der Waals surface area (Å²) >= 11 is 5.72. The second-order valence-corrected chi connectivity index (χ2v) is 6.41. The van der Waals surface area contributed by atoms with Crippen molar-refractivity contribution in [2.24, 2.45) is 0 Å². The minimum atomic E-state index is -0.540. The fourth-order valence-corrected chi connectivity index (χ4v) is 2.83. The SMILES string of the molecule is COc1ccccc1CCNc1ccc(C(=O)Nc2ccc(F)c(Cl)c2)nc1. The quantitative estimate of drug-likeness (QED) is 0.599. The van der Waals surface area contributed by atoms with E-state index in [1.54, 1.807) is 25.4 Å². The number of aromatic nitrogens is 1. The van der Waals surface area contributed by atoms with Crippen molar-refractivity contribution in [1.29, 1.82) is 0 Å². The van der Waals surface area contributed by atoms with Gasteiger partial charge in [-0.05, 0) is 48.4 Å². The summed E-state index contributed by atoms with van der Waals surface area (Å²) in [6.45, 7) is 0.696. The molecule has 0 bridgehead atoms. The van der Waals surface area contributed by atoms with E-state index >= 15 is 0 Å². The molecule has 0 aliphatic heterocycles. The minimum Gasteiger partial charge on any atom is -0.496 e. The van der Waals surface area contributed by atoms with Crippen molar-refractivity contribution < 1.29 is 13.9 Å². The molecule has 1 amide bonds. The van der Waals surface area contributed by atoms with E-state index in [2.05, 4.69) is 15.6 Å². The van der Waals surface area contributed by atoms with Crippen LogP contribution >= 0.6 is 11.6 Å². The van der Waals surface area contributed by atoms with Gasteiger partial charge in [-0.1, -0.05) is 29.8 Å². The Kier molecular flexibility index (Phi) is 6.45. The average molecular weight is 400 g/mol. The lowest BCUT2D eigenvalue weighted by atomic mass is 10.1. The predicted octanol–water partition coefficient (Wildman–Crippen LogP) is 4.79. The number of ether oxygens (including phenoxy) is 1. The molecule has 0 aliphatic carbocycles. The van der Waals surface area contributed by atoms with E-state index in [0.717, 1.165) is 23.4 Å². The van der Waals surface area contributed by atoms with Gasteiger partial charge < -0.3 is 15.4 Å². The van der Waals surface area contributed by atoms with Gasteiger partial charge in [-0.3, -0.25) is 4.79 Å². The molecule has 0 spiro atoms. The number of nitrogens with zero attached hydrogens (tertiary/aromatic N) is 1. The Labute approximate surface area is 167 Å². The smallest absolute Gasteiger partial charge is 0.274 e. The Hall–Kier alpha value is -3.12. The fourth-order valence-electron chi connectivity index (χ4n) is 2.65. The second kappa shape index (κ2) is 9.19. The van der Waals surface area contributed by atoms with Crippen molar-refractivity contribution in [1.82, 2.24) is 4.98 Å². The highest BCUT2D eigenvalue weighted by Crippen LogP contribution is 2.20. The number of hydrogen-bond donors (Lipinski definition) is 2. The standard InChI is InChI=1S/C21H19ClFN3O2/c1-28-20-5-3-2-4-14(20)10-11-24-16-7-9-19(25-13-16)21(27)26-15-6-8-18(23)17(22)12-15/h2-9,12-13,24H,10-11H2,1H3,(H,26,27). The number of nitrogens with one attached hydrogen (secondary N) is 2. The van der Waals surface area contributed by atoms with Crippen molar-refractivity contribution >= 4 is 28.9 Å². The van der Waals surface area contributed by atoms with Crippen LogP contribution in [-0.4, -0.2) is 24.5 Å². The summed E-state index contributed by atoms with van der Waals surface area (Å²) in [5.41, 5.74) is 2.56. The zero-order valence-corrected chi connectivity index (χ0v) is 16.0. The maximum Gasteiger partial charge on any atom is 0.274 e. The molecule has 0 unspecified atom stereocenters. The molecule has 7 heteroatoms. The number of halogens is 2. The summed E-state index contributed by atoms with van der Waals surface area (Å²) in [4.78, 5) is 16.4. The van der Waals surface area contributed by atoms with Crippen LogP contribution in [-0.2, 0) is 6.42 Å². The van der Waals surface area contributed by atoms with Crippen LogP contribution in [0.3, 0.4) is 0 Å². The first-order chi connectivity index (χ1) is 13.6. The Bertz CT molecular complexity index is 964. The van der Waals surface area contributed by atoms with Crippen molar-refractivity contribution in [2.75, 3.05) is 24.3 Å². The number of pyridine rings is 1. The summed E-state index contributed by atoms with van der Waals surface area (Å²) in [6, 6.07) is 15.2. The third-order valence-corrected chi connectivity index (χ3v) is 4.38. The fraction of sp³-hybridized carbons (Fsp3) is 0.143. The van der Waals surface area contributed by atoms with E-state index < -0.39 is 11.7 Å². The van der Waals surface area contributed by atoms with Crippen molar-refractivity contribution in [3.05, 3.63) is 82.9 Å². The highest BCUT2D eigenvalue weighted by molar-refractivity contribution is 6.31. The van der Waals surface area contributed by atoms with E-state index in [0.29, 0.717) is 12.2 Å². The molecule has 0 radical (unpaired) electrons. The van der Waals surface area contributed by atoms with E-state index in [4.69, 9.17) is 16.3 Å². The van der Waals surface area contributed by atoms with Gasteiger partial charge in [0, 0.05) is 12.2 Å². The highest BCUT2D eigenvalue weighted by atomic mass is 35.5. The molecular formula is C21H19ClFN3O2. The Balaban J connectivity index is 1.55. The van der Waals surface area contributed by atoms with Gasteiger partial charge in [-0.2, -0.15) is 0 Å². The molecule has 144 valence electrons. The first-order valence-corrected chi connectivity index (χ1v) is 9.03. The van der Waals surface area contributed by atoms with Crippen LogP contribution in [0.5, 0.6) is 5.75 Å². The number of carbonyl (C=O) groups is 1. The van der Waals surface area contributed by atoms with Crippen molar-refractivity contribution in [3.8, 4) is 5.75 Å². The largest absolute Gasteiger partial charge is 0.496 e. The highest BCUT2D eigenvalue weighted by Gasteiger charge is 2.09. The van der Waals surface area contributed by atoms with Gasteiger partial charge in [0.2, 0.25) is 0 Å². The number of rotatable bonds is 7. The van der Waals surface area contributed by atoms with Crippen LogP contribution in [0.25, 0.3) is 0 Å². The lowest BCUT2D eigenvalue weighted by Gasteiger charge is -2.10. The van der Waals surface area contributed by atoms with E-state index in [-0.39, 0.29) is 10.7 Å². The summed E-state index contributed by atoms with van der Waals surface area (Å²) in [6.07, 6.45) is 2.38. The van der Waals surface area contributed by atoms with Crippen LogP contribution in [0.15, 0.2) is 60.8 Å². The number of hydrogen-bond acceptors (Lipinski definition) is 4. The number of methoxy groups -OCH3 is 1. The molecule has 3 rings (SSSR count). The molecular weight excluding hydrogens is 381 g/mol. The topological polar surface area (TPSA) is 63.2 Å². The summed E-state index contributed by atoms with van der Waals surface area (Å²) in [7, 11) is 1.65. The van der Waals surface area contributed by atoms with Gasteiger partial charge >= 0.3 is 0 Å². The normalized spacial score (nSPS) is 10.4. The molecule has 0 atom stereocenters. The summed E-state index contributed by atoms with van der Waals surface area (Å²) in [5, 5.41) is 5.85. The van der Waals surface area contributed by atoms with Crippen LogP contribution in [0.2, 0.25) is 5.02 Å². The van der Waals surface area contributed by atoms with E-state index in [1.807, 2.05) is 24.3 Å². The lowest BCUT2D eigenvalue weighted by molar-refractivity contribution is 0.102. The summed E-state index contributed by atoms with van der Waals surface area (Å²) < 4.78 is 18.5. The van der Waals surface area contributed by atoms with Crippen molar-refractivity contribution in [2.45, 2.75) is 6.42 Å². The number of benzene rings is 2. The molecule has 3 aromatic rings. The minimum absolute atomic E-state index is 0.0552. The maximum absolute atomic E-state index is 13.2. The third-order valence-electron chi connectivity index (χ3n) is 4.09.